The zero-order valence-corrected chi connectivity index (χ0v) is 12.8. The van der Waals surface area contributed by atoms with Gasteiger partial charge in [-0.3, -0.25) is 0 Å². The van der Waals surface area contributed by atoms with Crippen molar-refractivity contribution in [2.45, 2.75) is 19.8 Å². The van der Waals surface area contributed by atoms with E-state index in [9.17, 15) is 4.79 Å². The molecule has 0 unspecified atom stereocenters. The van der Waals surface area contributed by atoms with Gasteiger partial charge < -0.3 is 10.1 Å². The van der Waals surface area contributed by atoms with Gasteiger partial charge in [-0.1, -0.05) is 25.4 Å². The smallest absolute Gasteiger partial charge is 0.337 e. The molecule has 1 heterocycles. The monoisotopic (exact) mass is 305 g/mol. The predicted octanol–water partition coefficient (Wildman–Crippen LogP) is 3.78. The number of hydrogen-bond donors (Lipinski definition) is 1. The Bertz CT molecular complexity index is 642. The lowest BCUT2D eigenvalue weighted by atomic mass is 10.2. The van der Waals surface area contributed by atoms with E-state index in [0.717, 1.165) is 5.69 Å². The van der Waals surface area contributed by atoms with Crippen molar-refractivity contribution in [2.24, 2.45) is 0 Å². The van der Waals surface area contributed by atoms with Gasteiger partial charge in [0.15, 0.2) is 0 Å². The number of esters is 1. The highest BCUT2D eigenvalue weighted by molar-refractivity contribution is 6.29. The van der Waals surface area contributed by atoms with Crippen LogP contribution in [0, 0.1) is 0 Å². The van der Waals surface area contributed by atoms with Crippen LogP contribution in [0.1, 0.15) is 35.9 Å². The molecule has 0 aliphatic heterocycles. The quantitative estimate of drug-likeness (QED) is 0.688. The van der Waals surface area contributed by atoms with Gasteiger partial charge in [-0.05, 0) is 24.3 Å². The molecule has 0 atom stereocenters. The molecule has 2 rings (SSSR count). The molecule has 21 heavy (non-hydrogen) atoms. The summed E-state index contributed by atoms with van der Waals surface area (Å²) in [5.74, 6) is 1.11. The zero-order valence-electron chi connectivity index (χ0n) is 12.1. The largest absolute Gasteiger partial charge is 0.465 e. The van der Waals surface area contributed by atoms with E-state index in [2.05, 4.69) is 20.0 Å². The summed E-state index contributed by atoms with van der Waals surface area (Å²) in [6, 6.07) is 8.57. The van der Waals surface area contributed by atoms with Crippen molar-refractivity contribution in [3.8, 4) is 0 Å². The average molecular weight is 306 g/mol. The number of aromatic nitrogens is 2. The van der Waals surface area contributed by atoms with Gasteiger partial charge in [0.1, 0.15) is 16.8 Å². The minimum Gasteiger partial charge on any atom is -0.465 e. The van der Waals surface area contributed by atoms with E-state index in [1.54, 1.807) is 30.3 Å². The third-order valence-corrected chi connectivity index (χ3v) is 3.00. The Morgan fingerprint density at radius 2 is 1.90 bits per heavy atom. The van der Waals surface area contributed by atoms with Crippen LogP contribution in [0.15, 0.2) is 30.3 Å². The number of benzene rings is 1. The fraction of sp³-hybridized carbons (Fsp3) is 0.267. The maximum Gasteiger partial charge on any atom is 0.337 e. The number of hydrogen-bond acceptors (Lipinski definition) is 5. The van der Waals surface area contributed by atoms with E-state index < -0.39 is 0 Å². The fourth-order valence-electron chi connectivity index (χ4n) is 1.71. The molecule has 0 fully saturated rings. The molecule has 2 aromatic rings. The molecule has 0 aliphatic rings. The lowest BCUT2D eigenvalue weighted by molar-refractivity contribution is 0.0601. The summed E-state index contributed by atoms with van der Waals surface area (Å²) in [4.78, 5) is 19.9. The average Bonchev–Trinajstić information content (AvgIpc) is 2.46. The fourth-order valence-corrected chi connectivity index (χ4v) is 1.90. The van der Waals surface area contributed by atoms with Crippen molar-refractivity contribution in [1.29, 1.82) is 0 Å². The van der Waals surface area contributed by atoms with E-state index in [4.69, 9.17) is 11.6 Å². The number of nitrogens with one attached hydrogen (secondary N) is 1. The van der Waals surface area contributed by atoms with Crippen molar-refractivity contribution in [1.82, 2.24) is 9.97 Å². The SMILES string of the molecule is COC(=O)c1ccc(Nc2cc(Cl)nc(C(C)C)n2)cc1. The molecule has 0 bridgehead atoms. The third-order valence-electron chi connectivity index (χ3n) is 2.81. The molecule has 5 nitrogen and oxygen atoms in total. The zero-order chi connectivity index (χ0) is 15.4. The van der Waals surface area contributed by atoms with Crippen LogP contribution in [0.3, 0.4) is 0 Å². The predicted molar refractivity (Wildman–Crippen MR) is 82.2 cm³/mol. The molecule has 0 radical (unpaired) electrons. The van der Waals surface area contributed by atoms with E-state index >= 15 is 0 Å². The molecule has 6 heteroatoms. The minimum absolute atomic E-state index is 0.186. The van der Waals surface area contributed by atoms with Crippen LogP contribution in [0.25, 0.3) is 0 Å². The molecule has 1 aromatic heterocycles. The maximum atomic E-state index is 11.4. The van der Waals surface area contributed by atoms with E-state index in [-0.39, 0.29) is 11.9 Å². The van der Waals surface area contributed by atoms with Gasteiger partial charge >= 0.3 is 5.97 Å². The number of rotatable bonds is 4. The van der Waals surface area contributed by atoms with Gasteiger partial charge in [-0.15, -0.1) is 0 Å². The molecule has 0 saturated heterocycles. The number of carbonyl (C=O) groups is 1. The van der Waals surface area contributed by atoms with E-state index in [1.165, 1.54) is 7.11 Å². The van der Waals surface area contributed by atoms with Gasteiger partial charge in [0.25, 0.3) is 0 Å². The van der Waals surface area contributed by atoms with Gasteiger partial charge in [-0.2, -0.15) is 0 Å². The van der Waals surface area contributed by atoms with Crippen molar-refractivity contribution < 1.29 is 9.53 Å². The third kappa shape index (κ3) is 3.92. The number of nitrogens with zero attached hydrogens (tertiary/aromatic N) is 2. The summed E-state index contributed by atoms with van der Waals surface area (Å²) in [5.41, 5.74) is 1.29. The molecule has 0 saturated carbocycles. The van der Waals surface area contributed by atoms with Gasteiger partial charge in [0.05, 0.1) is 12.7 Å². The van der Waals surface area contributed by atoms with Gasteiger partial charge in [0, 0.05) is 17.7 Å². The van der Waals surface area contributed by atoms with Crippen LogP contribution in [0.4, 0.5) is 11.5 Å². The Hall–Kier alpha value is -2.14. The number of methoxy groups -OCH3 is 1. The number of halogens is 1. The first kappa shape index (κ1) is 15.3. The second-order valence-corrected chi connectivity index (χ2v) is 5.17. The summed E-state index contributed by atoms with van der Waals surface area (Å²) >= 11 is 5.99. The highest BCUT2D eigenvalue weighted by Crippen LogP contribution is 2.21. The van der Waals surface area contributed by atoms with E-state index in [0.29, 0.717) is 22.4 Å². The summed E-state index contributed by atoms with van der Waals surface area (Å²) in [5, 5.41) is 3.53. The standard InChI is InChI=1S/C15H16ClN3O2/c1-9(2)14-18-12(16)8-13(19-14)17-11-6-4-10(5-7-11)15(20)21-3/h4-9H,1-3H3,(H,17,18,19). The van der Waals surface area contributed by atoms with Crippen LogP contribution in [0.2, 0.25) is 5.15 Å². The van der Waals surface area contributed by atoms with Crippen LogP contribution in [-0.2, 0) is 4.74 Å². The van der Waals surface area contributed by atoms with Gasteiger partial charge in [0.2, 0.25) is 0 Å². The summed E-state index contributed by atoms with van der Waals surface area (Å²) in [7, 11) is 1.35. The molecule has 1 aromatic carbocycles. The Balaban J connectivity index is 2.20. The highest BCUT2D eigenvalue weighted by Gasteiger charge is 2.08. The van der Waals surface area contributed by atoms with Crippen LogP contribution < -0.4 is 5.32 Å². The molecule has 0 spiro atoms. The Labute approximate surface area is 128 Å². The summed E-state index contributed by atoms with van der Waals surface area (Å²) in [6.45, 7) is 4.00. The van der Waals surface area contributed by atoms with Crippen molar-refractivity contribution in [2.75, 3.05) is 12.4 Å². The molecule has 0 aliphatic carbocycles. The first-order valence-corrected chi connectivity index (χ1v) is 6.87. The topological polar surface area (TPSA) is 64.1 Å². The Morgan fingerprint density at radius 1 is 1.24 bits per heavy atom. The minimum atomic E-state index is -0.367. The molecular formula is C15H16ClN3O2. The number of carbonyl (C=O) groups excluding carboxylic acids is 1. The van der Waals surface area contributed by atoms with Crippen LogP contribution >= 0.6 is 11.6 Å². The Kier molecular flexibility index (Phi) is 4.75. The second-order valence-electron chi connectivity index (χ2n) is 4.78. The summed E-state index contributed by atoms with van der Waals surface area (Å²) < 4.78 is 4.65. The second kappa shape index (κ2) is 6.54. The molecule has 0 amide bonds. The maximum absolute atomic E-state index is 11.4. The van der Waals surface area contributed by atoms with Crippen molar-refractivity contribution in [3.63, 3.8) is 0 Å². The highest BCUT2D eigenvalue weighted by atomic mass is 35.5. The van der Waals surface area contributed by atoms with Gasteiger partial charge in [-0.25, -0.2) is 14.8 Å². The lowest BCUT2D eigenvalue weighted by Gasteiger charge is -2.10. The molecule has 110 valence electrons. The molecular weight excluding hydrogens is 290 g/mol. The lowest BCUT2D eigenvalue weighted by Crippen LogP contribution is -2.03. The van der Waals surface area contributed by atoms with E-state index in [1.807, 2.05) is 13.8 Å². The Morgan fingerprint density at radius 3 is 2.48 bits per heavy atom. The number of ether oxygens (including phenoxy) is 1. The summed E-state index contributed by atoms with van der Waals surface area (Å²) in [6.07, 6.45) is 0. The van der Waals surface area contributed by atoms with Crippen molar-refractivity contribution >= 4 is 29.1 Å². The first-order chi connectivity index (χ1) is 9.99. The first-order valence-electron chi connectivity index (χ1n) is 6.49. The van der Waals surface area contributed by atoms with Crippen LogP contribution in [0.5, 0.6) is 0 Å². The normalized spacial score (nSPS) is 10.5. The van der Waals surface area contributed by atoms with Crippen LogP contribution in [-0.4, -0.2) is 23.0 Å². The van der Waals surface area contributed by atoms with Crippen molar-refractivity contribution in [3.05, 3.63) is 46.9 Å². The molecule has 1 N–H and O–H groups in total. The number of anilines is 2.